The third-order valence-corrected chi connectivity index (χ3v) is 3.53. The van der Waals surface area contributed by atoms with Gasteiger partial charge in [0.1, 0.15) is 0 Å². The van der Waals surface area contributed by atoms with Crippen molar-refractivity contribution in [3.63, 3.8) is 0 Å². The van der Waals surface area contributed by atoms with Crippen LogP contribution in [0.15, 0.2) is 18.2 Å². The highest BCUT2D eigenvalue weighted by atomic mass is 35.5. The number of nitrogens with zero attached hydrogens (tertiary/aromatic N) is 2. The average molecular weight is 269 g/mol. The van der Waals surface area contributed by atoms with Gasteiger partial charge in [-0.15, -0.1) is 0 Å². The van der Waals surface area contributed by atoms with E-state index in [1.54, 1.807) is 6.07 Å². The van der Waals surface area contributed by atoms with Gasteiger partial charge in [-0.3, -0.25) is 4.90 Å². The van der Waals surface area contributed by atoms with E-state index < -0.39 is 5.97 Å². The minimum atomic E-state index is -0.915. The highest BCUT2D eigenvalue weighted by Crippen LogP contribution is 2.18. The second-order valence-electron chi connectivity index (χ2n) is 4.69. The highest BCUT2D eigenvalue weighted by Gasteiger charge is 2.17. The molecule has 1 heterocycles. The molecule has 1 fully saturated rings. The highest BCUT2D eigenvalue weighted by molar-refractivity contribution is 6.30. The Morgan fingerprint density at radius 1 is 1.33 bits per heavy atom. The Hall–Kier alpha value is -1.10. The molecule has 4 nitrogen and oxygen atoms in total. The number of carbonyl (C=O) groups is 1. The molecule has 1 saturated heterocycles. The van der Waals surface area contributed by atoms with Crippen LogP contribution in [0.3, 0.4) is 0 Å². The molecule has 0 atom stereocenters. The molecule has 0 bridgehead atoms. The Bertz CT molecular complexity index is 443. The van der Waals surface area contributed by atoms with Gasteiger partial charge in [0.2, 0.25) is 0 Å². The third kappa shape index (κ3) is 3.22. The van der Waals surface area contributed by atoms with E-state index in [1.807, 2.05) is 6.07 Å². The van der Waals surface area contributed by atoms with E-state index in [0.717, 1.165) is 31.7 Å². The number of piperazine rings is 1. The maximum atomic E-state index is 11.2. The molecule has 1 aliphatic heterocycles. The van der Waals surface area contributed by atoms with Gasteiger partial charge in [-0.2, -0.15) is 0 Å². The topological polar surface area (TPSA) is 43.8 Å². The molecule has 0 amide bonds. The van der Waals surface area contributed by atoms with Crippen molar-refractivity contribution in [2.75, 3.05) is 33.2 Å². The summed E-state index contributed by atoms with van der Waals surface area (Å²) in [5.41, 5.74) is 1.14. The Balaban J connectivity index is 2.11. The Labute approximate surface area is 112 Å². The smallest absolute Gasteiger partial charge is 0.336 e. The number of carboxylic acid groups (broad SMARTS) is 1. The van der Waals surface area contributed by atoms with Gasteiger partial charge in [0.05, 0.1) is 5.56 Å². The second kappa shape index (κ2) is 5.69. The largest absolute Gasteiger partial charge is 0.478 e. The van der Waals surface area contributed by atoms with Crippen molar-refractivity contribution >= 4 is 17.6 Å². The van der Waals surface area contributed by atoms with Crippen LogP contribution >= 0.6 is 11.6 Å². The zero-order valence-corrected chi connectivity index (χ0v) is 11.2. The first-order valence-electron chi connectivity index (χ1n) is 5.99. The number of rotatable bonds is 3. The van der Waals surface area contributed by atoms with Gasteiger partial charge < -0.3 is 10.0 Å². The van der Waals surface area contributed by atoms with E-state index >= 15 is 0 Å². The van der Waals surface area contributed by atoms with Gasteiger partial charge in [-0.05, 0) is 24.7 Å². The summed E-state index contributed by atoms with van der Waals surface area (Å²) in [6.07, 6.45) is 0. The van der Waals surface area contributed by atoms with Crippen LogP contribution in [0.25, 0.3) is 0 Å². The predicted molar refractivity (Wildman–Crippen MR) is 71.2 cm³/mol. The molecule has 5 heteroatoms. The fourth-order valence-electron chi connectivity index (χ4n) is 2.13. The number of likely N-dealkylation sites (N-methyl/N-ethyl adjacent to an activating group) is 1. The summed E-state index contributed by atoms with van der Waals surface area (Å²) in [5, 5.41) is 9.64. The van der Waals surface area contributed by atoms with E-state index in [9.17, 15) is 9.90 Å². The van der Waals surface area contributed by atoms with Gasteiger partial charge in [0.15, 0.2) is 0 Å². The molecule has 1 N–H and O–H groups in total. The van der Waals surface area contributed by atoms with Crippen LogP contribution in [-0.2, 0) is 6.54 Å². The van der Waals surface area contributed by atoms with Crippen LogP contribution < -0.4 is 0 Å². The molecule has 0 saturated carbocycles. The molecule has 0 radical (unpaired) electrons. The lowest BCUT2D eigenvalue weighted by molar-refractivity contribution is 0.0693. The lowest BCUT2D eigenvalue weighted by Gasteiger charge is -2.32. The van der Waals surface area contributed by atoms with Crippen molar-refractivity contribution in [2.24, 2.45) is 0 Å². The molecule has 0 spiro atoms. The molecule has 0 unspecified atom stereocenters. The van der Waals surface area contributed by atoms with Gasteiger partial charge in [0.25, 0.3) is 0 Å². The second-order valence-corrected chi connectivity index (χ2v) is 5.12. The van der Waals surface area contributed by atoms with Crippen LogP contribution in [0.5, 0.6) is 0 Å². The quantitative estimate of drug-likeness (QED) is 0.908. The van der Waals surface area contributed by atoms with E-state index in [0.29, 0.717) is 17.1 Å². The SMILES string of the molecule is CN1CCN(Cc2ccc(Cl)cc2C(=O)O)CC1. The van der Waals surface area contributed by atoms with Crippen LogP contribution in [0.1, 0.15) is 15.9 Å². The lowest BCUT2D eigenvalue weighted by Crippen LogP contribution is -2.44. The number of halogens is 1. The number of carboxylic acids is 1. The molecular weight excluding hydrogens is 252 g/mol. The number of hydrogen-bond acceptors (Lipinski definition) is 3. The zero-order chi connectivity index (χ0) is 13.1. The average Bonchev–Trinajstić information content (AvgIpc) is 2.34. The standard InChI is InChI=1S/C13H17ClN2O2/c1-15-4-6-16(7-5-15)9-10-2-3-11(14)8-12(10)13(17)18/h2-3,8H,4-7,9H2,1H3,(H,17,18). The summed E-state index contributed by atoms with van der Waals surface area (Å²) >= 11 is 5.84. The Morgan fingerprint density at radius 2 is 2.00 bits per heavy atom. The first-order valence-corrected chi connectivity index (χ1v) is 6.36. The monoisotopic (exact) mass is 268 g/mol. The first kappa shape index (κ1) is 13.3. The predicted octanol–water partition coefficient (Wildman–Crippen LogP) is 1.79. The Kier molecular flexibility index (Phi) is 4.22. The van der Waals surface area contributed by atoms with Crippen LogP contribution in [-0.4, -0.2) is 54.1 Å². The summed E-state index contributed by atoms with van der Waals surface area (Å²) in [4.78, 5) is 15.7. The summed E-state index contributed by atoms with van der Waals surface area (Å²) in [6.45, 7) is 4.66. The maximum absolute atomic E-state index is 11.2. The van der Waals surface area contributed by atoms with Gasteiger partial charge in [-0.25, -0.2) is 4.79 Å². The van der Waals surface area contributed by atoms with Gasteiger partial charge in [-0.1, -0.05) is 17.7 Å². The summed E-state index contributed by atoms with van der Waals surface area (Å²) < 4.78 is 0. The van der Waals surface area contributed by atoms with Crippen molar-refractivity contribution in [3.05, 3.63) is 34.3 Å². The lowest BCUT2D eigenvalue weighted by atomic mass is 10.1. The Morgan fingerprint density at radius 3 is 2.61 bits per heavy atom. The molecule has 1 aromatic carbocycles. The third-order valence-electron chi connectivity index (χ3n) is 3.29. The van der Waals surface area contributed by atoms with Crippen molar-refractivity contribution < 1.29 is 9.90 Å². The van der Waals surface area contributed by atoms with E-state index in [1.165, 1.54) is 6.07 Å². The first-order chi connectivity index (χ1) is 8.56. The fourth-order valence-corrected chi connectivity index (χ4v) is 2.30. The number of benzene rings is 1. The summed E-state index contributed by atoms with van der Waals surface area (Å²) in [6, 6.07) is 5.08. The molecule has 2 rings (SSSR count). The molecule has 0 aromatic heterocycles. The molecule has 0 aliphatic carbocycles. The van der Waals surface area contributed by atoms with Gasteiger partial charge >= 0.3 is 5.97 Å². The molecule has 1 aromatic rings. The van der Waals surface area contributed by atoms with Crippen molar-refractivity contribution in [3.8, 4) is 0 Å². The maximum Gasteiger partial charge on any atom is 0.336 e. The van der Waals surface area contributed by atoms with E-state index in [2.05, 4.69) is 16.8 Å². The van der Waals surface area contributed by atoms with Gasteiger partial charge in [0, 0.05) is 37.7 Å². The minimum Gasteiger partial charge on any atom is -0.478 e. The molecular formula is C13H17ClN2O2. The molecule has 1 aliphatic rings. The van der Waals surface area contributed by atoms with Crippen molar-refractivity contribution in [2.45, 2.75) is 6.54 Å². The van der Waals surface area contributed by atoms with Crippen molar-refractivity contribution in [1.82, 2.24) is 9.80 Å². The van der Waals surface area contributed by atoms with Crippen LogP contribution in [0, 0.1) is 0 Å². The van der Waals surface area contributed by atoms with E-state index in [4.69, 9.17) is 11.6 Å². The summed E-state index contributed by atoms with van der Waals surface area (Å²) in [7, 11) is 2.10. The normalized spacial score (nSPS) is 17.9. The van der Waals surface area contributed by atoms with Crippen LogP contribution in [0.4, 0.5) is 0 Å². The number of aromatic carboxylic acids is 1. The van der Waals surface area contributed by atoms with Crippen molar-refractivity contribution in [1.29, 1.82) is 0 Å². The summed E-state index contributed by atoms with van der Waals surface area (Å²) in [5.74, 6) is -0.915. The van der Waals surface area contributed by atoms with Crippen LogP contribution in [0.2, 0.25) is 5.02 Å². The molecule has 98 valence electrons. The number of hydrogen-bond donors (Lipinski definition) is 1. The molecule has 18 heavy (non-hydrogen) atoms. The minimum absolute atomic E-state index is 0.307. The van der Waals surface area contributed by atoms with E-state index in [-0.39, 0.29) is 0 Å². The zero-order valence-electron chi connectivity index (χ0n) is 10.4. The fraction of sp³-hybridized carbons (Fsp3) is 0.462.